The van der Waals surface area contributed by atoms with E-state index in [1.165, 1.54) is 13.0 Å². The van der Waals surface area contributed by atoms with Crippen LogP contribution in [0.1, 0.15) is 31.5 Å². The number of nitrogens with zero attached hydrogens (tertiary/aromatic N) is 3. The number of allylic oxidation sites excluding steroid dienone is 1. The van der Waals surface area contributed by atoms with Gasteiger partial charge in [-0.15, -0.1) is 22.0 Å². The number of hydrogen-bond donors (Lipinski definition) is 0. The second-order valence-electron chi connectivity index (χ2n) is 5.69. The number of rotatable bonds is 8. The van der Waals surface area contributed by atoms with Gasteiger partial charge in [-0.1, -0.05) is 29.7 Å². The maximum Gasteiger partial charge on any atom is 0.429 e. The third-order valence-electron chi connectivity index (χ3n) is 3.41. The number of halogens is 7. The smallest absolute Gasteiger partial charge is 0.429 e. The van der Waals surface area contributed by atoms with Gasteiger partial charge in [-0.25, -0.2) is 4.39 Å². The van der Waals surface area contributed by atoms with Crippen molar-refractivity contribution in [1.29, 1.82) is 0 Å². The van der Waals surface area contributed by atoms with Gasteiger partial charge in [-0.05, 0) is 17.9 Å². The van der Waals surface area contributed by atoms with E-state index in [1.807, 2.05) is 0 Å². The van der Waals surface area contributed by atoms with Gasteiger partial charge in [0.25, 0.3) is 5.41 Å². The summed E-state index contributed by atoms with van der Waals surface area (Å²) >= 11 is 1.08. The molecule has 0 saturated carbocycles. The molecule has 0 bridgehead atoms. The van der Waals surface area contributed by atoms with Gasteiger partial charge in [0.1, 0.15) is 18.0 Å². The predicted octanol–water partition coefficient (Wildman–Crippen LogP) is 6.03. The van der Waals surface area contributed by atoms with Crippen LogP contribution >= 0.6 is 21.0 Å². The fraction of sp³-hybridized carbons (Fsp3) is 0.471. The van der Waals surface area contributed by atoms with Crippen LogP contribution in [0.2, 0.25) is 0 Å². The lowest BCUT2D eigenvalue weighted by atomic mass is 10.2. The molecule has 1 aromatic heterocycles. The van der Waals surface area contributed by atoms with Crippen molar-refractivity contribution >= 4 is 32.6 Å². The highest BCUT2D eigenvalue weighted by Gasteiger charge is 2.53. The van der Waals surface area contributed by atoms with Crippen molar-refractivity contribution in [2.75, 3.05) is 12.4 Å². The van der Waals surface area contributed by atoms with E-state index in [2.05, 4.69) is 21.8 Å². The van der Waals surface area contributed by atoms with E-state index in [-0.39, 0.29) is 28.6 Å². The van der Waals surface area contributed by atoms with Crippen LogP contribution in [0.3, 0.4) is 0 Å². The third kappa shape index (κ3) is 7.23. The Hall–Kier alpha value is -1.68. The first-order valence-electron chi connectivity index (χ1n) is 8.41. The molecule has 168 valence electrons. The van der Waals surface area contributed by atoms with Crippen LogP contribution in [0, 0.1) is 0 Å². The van der Waals surface area contributed by atoms with Crippen LogP contribution in [-0.4, -0.2) is 40.5 Å². The summed E-state index contributed by atoms with van der Waals surface area (Å²) in [7, 11) is 1.03. The molecule has 1 heterocycles. The molecule has 13 heteroatoms. The first-order valence-corrected chi connectivity index (χ1v) is 9.97. The van der Waals surface area contributed by atoms with Crippen molar-refractivity contribution in [3.63, 3.8) is 0 Å². The predicted molar refractivity (Wildman–Crippen MR) is 106 cm³/mol. The van der Waals surface area contributed by atoms with E-state index in [0.717, 1.165) is 27.1 Å². The van der Waals surface area contributed by atoms with Crippen LogP contribution in [0.4, 0.5) is 30.7 Å². The lowest BCUT2D eigenvalue weighted by Crippen LogP contribution is -2.39. The number of hydrogen-bond acceptors (Lipinski definition) is 5. The van der Waals surface area contributed by atoms with Crippen molar-refractivity contribution in [1.82, 2.24) is 4.98 Å². The van der Waals surface area contributed by atoms with Crippen molar-refractivity contribution < 1.29 is 35.5 Å². The minimum absolute atomic E-state index is 0.0104. The SMILES string of the molecule is C=C/C(=N\N=C(/CC)OCC(F)(P)C(F)(F)F)c1ncc(C(F)(F)F)cc1SCC. The molecule has 0 aliphatic heterocycles. The molecule has 0 radical (unpaired) electrons. The van der Waals surface area contributed by atoms with Gasteiger partial charge in [0, 0.05) is 17.5 Å². The highest BCUT2D eigenvalue weighted by molar-refractivity contribution is 7.99. The molecule has 4 nitrogen and oxygen atoms in total. The van der Waals surface area contributed by atoms with Crippen molar-refractivity contribution in [2.45, 2.75) is 42.9 Å². The molecule has 0 aliphatic rings. The Balaban J connectivity index is 3.22. The lowest BCUT2D eigenvalue weighted by molar-refractivity contribution is -0.203. The van der Waals surface area contributed by atoms with Crippen molar-refractivity contribution in [2.24, 2.45) is 10.2 Å². The zero-order valence-electron chi connectivity index (χ0n) is 15.9. The zero-order valence-corrected chi connectivity index (χ0v) is 17.9. The Kier molecular flexibility index (Phi) is 9.28. The van der Waals surface area contributed by atoms with Gasteiger partial charge in [-0.2, -0.15) is 26.3 Å². The summed E-state index contributed by atoms with van der Waals surface area (Å²) in [6, 6.07) is 0.908. The quantitative estimate of drug-likeness (QED) is 0.115. The van der Waals surface area contributed by atoms with Crippen LogP contribution in [-0.2, 0) is 10.9 Å². The maximum absolute atomic E-state index is 13.6. The average Bonchev–Trinajstić information content (AvgIpc) is 2.63. The summed E-state index contributed by atoms with van der Waals surface area (Å²) in [5.41, 5.74) is -0.911. The van der Waals surface area contributed by atoms with E-state index in [4.69, 9.17) is 4.74 Å². The summed E-state index contributed by atoms with van der Waals surface area (Å²) in [5.74, 6) is 0.136. The van der Waals surface area contributed by atoms with Gasteiger partial charge in [0.2, 0.25) is 5.90 Å². The molecular formula is C17H19F7N3OPS. The summed E-state index contributed by atoms with van der Waals surface area (Å²) in [6.07, 6.45) is -7.95. The largest absolute Gasteiger partial charge is 0.475 e. The fourth-order valence-electron chi connectivity index (χ4n) is 1.82. The summed E-state index contributed by atoms with van der Waals surface area (Å²) in [6.45, 7) is 5.37. The molecule has 30 heavy (non-hydrogen) atoms. The molecule has 1 rings (SSSR count). The Morgan fingerprint density at radius 1 is 1.20 bits per heavy atom. The van der Waals surface area contributed by atoms with Crippen molar-refractivity contribution in [3.8, 4) is 0 Å². The first kappa shape index (κ1) is 26.4. The van der Waals surface area contributed by atoms with Crippen molar-refractivity contribution in [3.05, 3.63) is 36.2 Å². The molecule has 0 fully saturated rings. The number of pyridine rings is 1. The number of thioether (sulfide) groups is 1. The topological polar surface area (TPSA) is 46.8 Å². The second-order valence-corrected chi connectivity index (χ2v) is 7.91. The Bertz CT molecular complexity index is 808. The molecule has 2 unspecified atom stereocenters. The molecule has 0 aliphatic carbocycles. The normalized spacial score (nSPS) is 15.7. The fourth-order valence-corrected chi connectivity index (χ4v) is 2.72. The highest BCUT2D eigenvalue weighted by Crippen LogP contribution is 2.39. The highest BCUT2D eigenvalue weighted by atomic mass is 32.2. The molecule has 0 amide bonds. The number of aromatic nitrogens is 1. The van der Waals surface area contributed by atoms with E-state index in [0.29, 0.717) is 11.9 Å². The Morgan fingerprint density at radius 2 is 1.83 bits per heavy atom. The molecular weight excluding hydrogens is 458 g/mol. The second kappa shape index (κ2) is 10.6. The average molecular weight is 477 g/mol. The van der Waals surface area contributed by atoms with E-state index >= 15 is 0 Å². The Morgan fingerprint density at radius 3 is 2.30 bits per heavy atom. The van der Waals surface area contributed by atoms with Gasteiger partial charge in [-0.3, -0.25) is 4.98 Å². The van der Waals surface area contributed by atoms with Gasteiger partial charge < -0.3 is 4.74 Å². The van der Waals surface area contributed by atoms with Crippen LogP contribution in [0.25, 0.3) is 0 Å². The molecule has 0 spiro atoms. The first-order chi connectivity index (χ1) is 13.8. The number of ether oxygens (including phenoxy) is 1. The third-order valence-corrected chi connectivity index (χ3v) is 4.81. The monoisotopic (exact) mass is 477 g/mol. The minimum atomic E-state index is -5.16. The van der Waals surface area contributed by atoms with Crippen LogP contribution in [0.15, 0.2) is 40.0 Å². The van der Waals surface area contributed by atoms with Gasteiger partial charge in [0.15, 0.2) is 0 Å². The zero-order chi connectivity index (χ0) is 23.2. The maximum atomic E-state index is 13.6. The summed E-state index contributed by atoms with van der Waals surface area (Å²) in [4.78, 5) is 3.96. The van der Waals surface area contributed by atoms with Gasteiger partial charge in [0.05, 0.1) is 5.56 Å². The van der Waals surface area contributed by atoms with E-state index in [9.17, 15) is 30.7 Å². The van der Waals surface area contributed by atoms with E-state index in [1.54, 1.807) is 6.92 Å². The molecule has 0 aromatic carbocycles. The number of alkyl halides is 7. The molecule has 2 atom stereocenters. The summed E-state index contributed by atoms with van der Waals surface area (Å²) < 4.78 is 94.9. The standard InChI is InChI=1S/C17H19F7N3OPS/c1-4-11(14-12(30-6-3)7-10(8-25-14)16(19,20)21)26-27-13(5-2)28-9-15(18,29)17(22,23)24/h4,7-8H,1,5-6,9,29H2,2-3H3/b26-11+,27-13+. The Labute approximate surface area is 175 Å². The van der Waals surface area contributed by atoms with E-state index < -0.39 is 29.9 Å². The molecule has 1 aromatic rings. The molecule has 0 saturated heterocycles. The van der Waals surface area contributed by atoms with Crippen LogP contribution < -0.4 is 0 Å². The molecule has 0 N–H and O–H groups in total. The van der Waals surface area contributed by atoms with Crippen LogP contribution in [0.5, 0.6) is 0 Å². The minimum Gasteiger partial charge on any atom is -0.475 e. The lowest BCUT2D eigenvalue weighted by Gasteiger charge is -2.23. The summed E-state index contributed by atoms with van der Waals surface area (Å²) in [5, 5.41) is 3.75. The van der Waals surface area contributed by atoms with Gasteiger partial charge >= 0.3 is 12.4 Å².